The summed E-state index contributed by atoms with van der Waals surface area (Å²) < 4.78 is 5.90. The largest absolute Gasteiger partial charge is 0.359 e. The lowest BCUT2D eigenvalue weighted by Crippen LogP contribution is -2.39. The predicted molar refractivity (Wildman–Crippen MR) is 120 cm³/mol. The van der Waals surface area contributed by atoms with Crippen molar-refractivity contribution in [1.82, 2.24) is 20.2 Å². The van der Waals surface area contributed by atoms with Crippen LogP contribution < -0.4 is 0 Å². The van der Waals surface area contributed by atoms with Crippen molar-refractivity contribution in [1.29, 1.82) is 0 Å². The van der Waals surface area contributed by atoms with E-state index in [1.165, 1.54) is 6.92 Å². The van der Waals surface area contributed by atoms with Crippen LogP contribution in [0.1, 0.15) is 42.3 Å². The van der Waals surface area contributed by atoms with Gasteiger partial charge in [-0.15, -0.1) is 15.0 Å². The molecular formula is C26H24N4O2. The molecular weight excluding hydrogens is 400 g/mol. The van der Waals surface area contributed by atoms with Crippen molar-refractivity contribution in [3.63, 3.8) is 0 Å². The molecule has 0 unspecified atom stereocenters. The van der Waals surface area contributed by atoms with Gasteiger partial charge in [0.2, 0.25) is 5.82 Å². The van der Waals surface area contributed by atoms with Gasteiger partial charge < -0.3 is 4.74 Å². The molecule has 0 atom stereocenters. The monoisotopic (exact) mass is 424 g/mol. The van der Waals surface area contributed by atoms with Crippen LogP contribution in [0.4, 0.5) is 0 Å². The van der Waals surface area contributed by atoms with Crippen LogP contribution in [0.25, 0.3) is 0 Å². The van der Waals surface area contributed by atoms with Crippen molar-refractivity contribution in [2.45, 2.75) is 30.9 Å². The summed E-state index contributed by atoms with van der Waals surface area (Å²) in [7, 11) is 0. The lowest BCUT2D eigenvalue weighted by molar-refractivity contribution is -0.124. The molecule has 3 aromatic carbocycles. The molecule has 1 saturated carbocycles. The highest BCUT2D eigenvalue weighted by molar-refractivity contribution is 5.76. The molecule has 1 aromatic heterocycles. The van der Waals surface area contributed by atoms with Crippen molar-refractivity contribution < 1.29 is 9.53 Å². The van der Waals surface area contributed by atoms with Gasteiger partial charge in [0.05, 0.1) is 0 Å². The summed E-state index contributed by atoms with van der Waals surface area (Å²) in [6.07, 6.45) is 1.56. The van der Waals surface area contributed by atoms with Crippen LogP contribution in [0.3, 0.4) is 0 Å². The van der Waals surface area contributed by atoms with E-state index < -0.39 is 11.1 Å². The molecule has 1 heterocycles. The Bertz CT molecular complexity index is 1110. The van der Waals surface area contributed by atoms with E-state index in [0.717, 1.165) is 29.5 Å². The Morgan fingerprint density at radius 2 is 1.34 bits per heavy atom. The Morgan fingerprint density at radius 1 is 0.875 bits per heavy atom. The van der Waals surface area contributed by atoms with Gasteiger partial charge in [0.1, 0.15) is 12.2 Å². The second-order valence-electron chi connectivity index (χ2n) is 8.20. The summed E-state index contributed by atoms with van der Waals surface area (Å²) in [5, 5.41) is 13.9. The molecule has 1 aliphatic rings. The average Bonchev–Trinajstić information content (AvgIpc) is 3.48. The molecule has 0 bridgehead atoms. The number of aromatic nitrogens is 4. The van der Waals surface area contributed by atoms with E-state index in [-0.39, 0.29) is 12.4 Å². The van der Waals surface area contributed by atoms with Gasteiger partial charge in [0.15, 0.2) is 11.3 Å². The first-order valence-corrected chi connectivity index (χ1v) is 10.8. The number of carbonyl (C=O) groups excluding carboxylic acids is 1. The van der Waals surface area contributed by atoms with E-state index in [9.17, 15) is 4.79 Å². The summed E-state index contributed by atoms with van der Waals surface area (Å²) in [6, 6.07) is 30.6. The molecule has 0 N–H and O–H groups in total. The topological polar surface area (TPSA) is 69.9 Å². The molecule has 5 rings (SSSR count). The summed E-state index contributed by atoms with van der Waals surface area (Å²) in [5.74, 6) is 0.502. The fourth-order valence-electron chi connectivity index (χ4n) is 4.21. The summed E-state index contributed by atoms with van der Waals surface area (Å²) in [4.78, 5) is 13.2. The van der Waals surface area contributed by atoms with Crippen molar-refractivity contribution in [2.75, 3.05) is 6.61 Å². The van der Waals surface area contributed by atoms with E-state index in [0.29, 0.717) is 5.82 Å². The zero-order valence-corrected chi connectivity index (χ0v) is 17.9. The zero-order chi connectivity index (χ0) is 22.0. The normalized spacial score (nSPS) is 14.8. The van der Waals surface area contributed by atoms with Gasteiger partial charge >= 0.3 is 0 Å². The molecule has 32 heavy (non-hydrogen) atoms. The fourth-order valence-corrected chi connectivity index (χ4v) is 4.21. The highest BCUT2D eigenvalue weighted by atomic mass is 16.5. The molecule has 0 amide bonds. The van der Waals surface area contributed by atoms with Crippen LogP contribution in [0, 0.1) is 0 Å². The smallest absolute Gasteiger partial charge is 0.206 e. The van der Waals surface area contributed by atoms with Gasteiger partial charge in [-0.25, -0.2) is 0 Å². The molecule has 6 heteroatoms. The van der Waals surface area contributed by atoms with Gasteiger partial charge in [-0.2, -0.15) is 0 Å². The van der Waals surface area contributed by atoms with Crippen LogP contribution in [-0.2, 0) is 20.7 Å². The molecule has 1 aliphatic carbocycles. The van der Waals surface area contributed by atoms with Crippen molar-refractivity contribution in [2.24, 2.45) is 0 Å². The Hall–Kier alpha value is -3.64. The standard InChI is InChI=1S/C26H24N4O2/c1-20(31)19-32-25(17-18-25)24-27-29-30(28-24)26(21-11-5-2-6-12-21,22-13-7-3-8-14-22)23-15-9-4-10-16-23/h2-16H,17-19H2,1H3. The Balaban J connectivity index is 1.72. The first-order valence-electron chi connectivity index (χ1n) is 10.8. The summed E-state index contributed by atoms with van der Waals surface area (Å²) in [5.41, 5.74) is 1.63. The van der Waals surface area contributed by atoms with E-state index in [2.05, 4.69) is 46.7 Å². The first-order chi connectivity index (χ1) is 15.6. The Morgan fingerprint density at radius 3 is 1.75 bits per heavy atom. The van der Waals surface area contributed by atoms with Crippen LogP contribution in [-0.4, -0.2) is 32.6 Å². The summed E-state index contributed by atoms with van der Waals surface area (Å²) >= 11 is 0. The minimum atomic E-state index is -0.814. The number of ether oxygens (including phenoxy) is 1. The molecule has 1 fully saturated rings. The quantitative estimate of drug-likeness (QED) is 0.398. The van der Waals surface area contributed by atoms with E-state index in [1.807, 2.05) is 54.6 Å². The van der Waals surface area contributed by atoms with Crippen LogP contribution in [0.15, 0.2) is 91.0 Å². The highest BCUT2D eigenvalue weighted by Crippen LogP contribution is 2.48. The number of ketones is 1. The molecule has 6 nitrogen and oxygen atoms in total. The lowest BCUT2D eigenvalue weighted by Gasteiger charge is -2.34. The van der Waals surface area contributed by atoms with Gasteiger partial charge in [-0.05, 0) is 41.7 Å². The number of rotatable bonds is 8. The van der Waals surface area contributed by atoms with Gasteiger partial charge in [0, 0.05) is 0 Å². The van der Waals surface area contributed by atoms with Gasteiger partial charge in [-0.1, -0.05) is 91.0 Å². The minimum Gasteiger partial charge on any atom is -0.359 e. The molecule has 0 spiro atoms. The Labute approximate surface area is 186 Å². The second-order valence-corrected chi connectivity index (χ2v) is 8.20. The van der Waals surface area contributed by atoms with Crippen LogP contribution in [0.2, 0.25) is 0 Å². The number of hydrogen-bond acceptors (Lipinski definition) is 5. The molecule has 160 valence electrons. The van der Waals surface area contributed by atoms with E-state index in [4.69, 9.17) is 9.84 Å². The van der Waals surface area contributed by atoms with Crippen LogP contribution >= 0.6 is 0 Å². The molecule has 4 aromatic rings. The third-order valence-corrected chi connectivity index (χ3v) is 5.95. The molecule has 0 radical (unpaired) electrons. The maximum absolute atomic E-state index is 11.5. The number of nitrogens with zero attached hydrogens (tertiary/aromatic N) is 4. The second kappa shape index (κ2) is 8.13. The predicted octanol–water partition coefficient (Wildman–Crippen LogP) is 4.11. The minimum absolute atomic E-state index is 0.0177. The summed E-state index contributed by atoms with van der Waals surface area (Å²) in [6.45, 7) is 1.57. The number of Topliss-reactive ketones (excluding diaryl/α,β-unsaturated/α-hetero) is 1. The Kier molecular flexibility index (Phi) is 5.15. The van der Waals surface area contributed by atoms with E-state index in [1.54, 1.807) is 4.80 Å². The number of tetrazole rings is 1. The highest BCUT2D eigenvalue weighted by Gasteiger charge is 2.51. The SMILES string of the molecule is CC(=O)COC1(c2nnn(C(c3ccccc3)(c3ccccc3)c3ccccc3)n2)CC1. The maximum atomic E-state index is 11.5. The third kappa shape index (κ3) is 3.42. The zero-order valence-electron chi connectivity index (χ0n) is 17.9. The molecule has 0 aliphatic heterocycles. The van der Waals surface area contributed by atoms with Gasteiger partial charge in [-0.3, -0.25) is 4.79 Å². The fraction of sp³-hybridized carbons (Fsp3) is 0.231. The maximum Gasteiger partial charge on any atom is 0.206 e. The number of hydrogen-bond donors (Lipinski definition) is 0. The van der Waals surface area contributed by atoms with Crippen molar-refractivity contribution in [3.05, 3.63) is 114 Å². The first kappa shape index (κ1) is 20.3. The van der Waals surface area contributed by atoms with Gasteiger partial charge in [0.25, 0.3) is 0 Å². The lowest BCUT2D eigenvalue weighted by atomic mass is 9.77. The number of benzene rings is 3. The van der Waals surface area contributed by atoms with Crippen LogP contribution in [0.5, 0.6) is 0 Å². The molecule has 0 saturated heterocycles. The number of carbonyl (C=O) groups is 1. The third-order valence-electron chi connectivity index (χ3n) is 5.95. The van der Waals surface area contributed by atoms with Crippen molar-refractivity contribution >= 4 is 5.78 Å². The van der Waals surface area contributed by atoms with Crippen molar-refractivity contribution in [3.8, 4) is 0 Å². The van der Waals surface area contributed by atoms with E-state index >= 15 is 0 Å². The average molecular weight is 425 g/mol.